The van der Waals surface area contributed by atoms with E-state index < -0.39 is 0 Å². The fourth-order valence-corrected chi connectivity index (χ4v) is 2.90. The van der Waals surface area contributed by atoms with Gasteiger partial charge in [0.05, 0.1) is 5.54 Å². The lowest BCUT2D eigenvalue weighted by Crippen LogP contribution is -2.39. The van der Waals surface area contributed by atoms with Gasteiger partial charge in [-0.1, -0.05) is 43.8 Å². The molecule has 3 heteroatoms. The van der Waals surface area contributed by atoms with Crippen molar-refractivity contribution < 1.29 is 0 Å². The Balaban J connectivity index is 2.90. The highest BCUT2D eigenvalue weighted by molar-refractivity contribution is 9.11. The second-order valence-electron chi connectivity index (χ2n) is 4.30. The SMILES string of the molecule is C#CC(C)(C)NC(C)c1ccc(Br)cc1Br. The summed E-state index contributed by atoms with van der Waals surface area (Å²) in [6.07, 6.45) is 5.46. The van der Waals surface area contributed by atoms with Crippen LogP contribution in [0.4, 0.5) is 0 Å². The van der Waals surface area contributed by atoms with Crippen LogP contribution in [0.1, 0.15) is 32.4 Å². The topological polar surface area (TPSA) is 12.0 Å². The summed E-state index contributed by atoms with van der Waals surface area (Å²) in [6.45, 7) is 6.10. The first kappa shape index (κ1) is 13.8. The smallest absolute Gasteiger partial charge is 0.0745 e. The third-order valence-corrected chi connectivity index (χ3v) is 3.55. The molecular weight excluding hydrogens is 330 g/mol. The highest BCUT2D eigenvalue weighted by atomic mass is 79.9. The molecule has 1 nitrogen and oxygen atoms in total. The molecule has 0 saturated carbocycles. The van der Waals surface area contributed by atoms with Gasteiger partial charge >= 0.3 is 0 Å². The highest BCUT2D eigenvalue weighted by Gasteiger charge is 2.18. The maximum atomic E-state index is 5.46. The second kappa shape index (κ2) is 5.35. The van der Waals surface area contributed by atoms with Gasteiger partial charge in [-0.3, -0.25) is 5.32 Å². The number of halogens is 2. The van der Waals surface area contributed by atoms with Gasteiger partial charge in [-0.05, 0) is 38.5 Å². The molecule has 1 rings (SSSR count). The number of nitrogens with one attached hydrogen (secondary N) is 1. The zero-order valence-corrected chi connectivity index (χ0v) is 12.8. The fraction of sp³-hybridized carbons (Fsp3) is 0.385. The van der Waals surface area contributed by atoms with Gasteiger partial charge in [0, 0.05) is 15.0 Å². The summed E-state index contributed by atoms with van der Waals surface area (Å²) >= 11 is 6.99. The van der Waals surface area contributed by atoms with Crippen molar-refractivity contribution >= 4 is 31.9 Å². The minimum absolute atomic E-state index is 0.202. The van der Waals surface area contributed by atoms with Crippen molar-refractivity contribution in [2.75, 3.05) is 0 Å². The van der Waals surface area contributed by atoms with E-state index in [0.29, 0.717) is 0 Å². The quantitative estimate of drug-likeness (QED) is 0.807. The van der Waals surface area contributed by atoms with Gasteiger partial charge in [-0.15, -0.1) is 6.42 Å². The van der Waals surface area contributed by atoms with Gasteiger partial charge in [-0.2, -0.15) is 0 Å². The Morgan fingerprint density at radius 2 is 2.00 bits per heavy atom. The molecule has 1 N–H and O–H groups in total. The predicted octanol–water partition coefficient (Wildman–Crippen LogP) is 4.27. The number of benzene rings is 1. The summed E-state index contributed by atoms with van der Waals surface area (Å²) in [6, 6.07) is 6.35. The van der Waals surface area contributed by atoms with Crippen LogP contribution >= 0.6 is 31.9 Å². The van der Waals surface area contributed by atoms with Crippen molar-refractivity contribution in [3.05, 3.63) is 32.7 Å². The monoisotopic (exact) mass is 343 g/mol. The molecule has 1 unspecified atom stereocenters. The Hall–Kier alpha value is -0.300. The minimum atomic E-state index is -0.300. The molecule has 1 aromatic rings. The lowest BCUT2D eigenvalue weighted by Gasteiger charge is -2.26. The normalized spacial score (nSPS) is 13.2. The van der Waals surface area contributed by atoms with Gasteiger partial charge in [0.2, 0.25) is 0 Å². The summed E-state index contributed by atoms with van der Waals surface area (Å²) in [7, 11) is 0. The van der Waals surface area contributed by atoms with Crippen molar-refractivity contribution in [2.24, 2.45) is 0 Å². The van der Waals surface area contributed by atoms with E-state index in [-0.39, 0.29) is 11.6 Å². The Kier molecular flexibility index (Phi) is 4.61. The lowest BCUT2D eigenvalue weighted by molar-refractivity contribution is 0.430. The number of hydrogen-bond donors (Lipinski definition) is 1. The van der Waals surface area contributed by atoms with Crippen LogP contribution in [-0.2, 0) is 0 Å². The number of rotatable bonds is 3. The fourth-order valence-electron chi connectivity index (χ4n) is 1.51. The van der Waals surface area contributed by atoms with Gasteiger partial charge in [0.25, 0.3) is 0 Å². The van der Waals surface area contributed by atoms with E-state index >= 15 is 0 Å². The van der Waals surface area contributed by atoms with Crippen molar-refractivity contribution in [1.82, 2.24) is 5.32 Å². The van der Waals surface area contributed by atoms with Crippen LogP contribution in [0.3, 0.4) is 0 Å². The second-order valence-corrected chi connectivity index (χ2v) is 6.07. The molecule has 0 saturated heterocycles. The first-order chi connectivity index (χ1) is 7.35. The van der Waals surface area contributed by atoms with Crippen LogP contribution in [0.2, 0.25) is 0 Å². The maximum Gasteiger partial charge on any atom is 0.0745 e. The van der Waals surface area contributed by atoms with Crippen molar-refractivity contribution in [3.63, 3.8) is 0 Å². The van der Waals surface area contributed by atoms with E-state index in [0.717, 1.165) is 8.95 Å². The third kappa shape index (κ3) is 3.62. The van der Waals surface area contributed by atoms with E-state index in [1.165, 1.54) is 5.56 Å². The molecule has 86 valence electrons. The Morgan fingerprint density at radius 3 is 2.50 bits per heavy atom. The molecule has 0 bridgehead atoms. The zero-order valence-electron chi connectivity index (χ0n) is 9.64. The van der Waals surface area contributed by atoms with Crippen LogP contribution in [-0.4, -0.2) is 5.54 Å². The highest BCUT2D eigenvalue weighted by Crippen LogP contribution is 2.27. The van der Waals surface area contributed by atoms with E-state index in [4.69, 9.17) is 6.42 Å². The van der Waals surface area contributed by atoms with Crippen LogP contribution in [0, 0.1) is 12.3 Å². The standard InChI is InChI=1S/C13H15Br2N/c1-5-13(3,4)16-9(2)11-7-6-10(14)8-12(11)15/h1,6-9,16H,2-4H3. The summed E-state index contributed by atoms with van der Waals surface area (Å²) in [5.41, 5.74) is 0.901. The summed E-state index contributed by atoms with van der Waals surface area (Å²) in [5.74, 6) is 2.74. The minimum Gasteiger partial charge on any atom is -0.295 e. The average molecular weight is 345 g/mol. The van der Waals surface area contributed by atoms with Gasteiger partial charge < -0.3 is 0 Å². The molecule has 0 heterocycles. The van der Waals surface area contributed by atoms with E-state index in [9.17, 15) is 0 Å². The molecule has 0 spiro atoms. The Labute approximate surface area is 114 Å². The molecule has 0 amide bonds. The first-order valence-corrected chi connectivity index (χ1v) is 6.65. The molecule has 1 aromatic carbocycles. The zero-order chi connectivity index (χ0) is 12.3. The first-order valence-electron chi connectivity index (χ1n) is 5.06. The Bertz CT molecular complexity index is 418. The van der Waals surface area contributed by atoms with Gasteiger partial charge in [0.1, 0.15) is 0 Å². The van der Waals surface area contributed by atoms with Crippen LogP contribution < -0.4 is 5.32 Å². The molecule has 0 aliphatic carbocycles. The van der Waals surface area contributed by atoms with E-state index in [2.05, 4.69) is 56.1 Å². The molecule has 0 fully saturated rings. The van der Waals surface area contributed by atoms with Crippen molar-refractivity contribution in [1.29, 1.82) is 0 Å². The number of terminal acetylenes is 1. The average Bonchev–Trinajstić information content (AvgIpc) is 2.16. The molecule has 0 aliphatic heterocycles. The van der Waals surface area contributed by atoms with Crippen LogP contribution in [0.25, 0.3) is 0 Å². The van der Waals surface area contributed by atoms with E-state index in [1.807, 2.05) is 26.0 Å². The largest absolute Gasteiger partial charge is 0.295 e. The maximum absolute atomic E-state index is 5.46. The molecular formula is C13H15Br2N. The molecule has 1 atom stereocenters. The molecule has 0 aromatic heterocycles. The third-order valence-electron chi connectivity index (χ3n) is 2.37. The van der Waals surface area contributed by atoms with Gasteiger partial charge in [0.15, 0.2) is 0 Å². The summed E-state index contributed by atoms with van der Waals surface area (Å²) in [5, 5.41) is 3.40. The van der Waals surface area contributed by atoms with Crippen LogP contribution in [0.15, 0.2) is 27.1 Å². The van der Waals surface area contributed by atoms with Gasteiger partial charge in [-0.25, -0.2) is 0 Å². The molecule has 0 radical (unpaired) electrons. The van der Waals surface area contributed by atoms with E-state index in [1.54, 1.807) is 0 Å². The predicted molar refractivity (Wildman–Crippen MR) is 76.3 cm³/mol. The molecule has 0 aliphatic rings. The van der Waals surface area contributed by atoms with Crippen molar-refractivity contribution in [2.45, 2.75) is 32.4 Å². The van der Waals surface area contributed by atoms with Crippen LogP contribution in [0.5, 0.6) is 0 Å². The number of hydrogen-bond acceptors (Lipinski definition) is 1. The Morgan fingerprint density at radius 1 is 1.38 bits per heavy atom. The summed E-state index contributed by atoms with van der Waals surface area (Å²) in [4.78, 5) is 0. The van der Waals surface area contributed by atoms with Crippen molar-refractivity contribution in [3.8, 4) is 12.3 Å². The molecule has 16 heavy (non-hydrogen) atoms. The summed E-state index contributed by atoms with van der Waals surface area (Å²) < 4.78 is 2.14. The lowest BCUT2D eigenvalue weighted by atomic mass is 10.0.